The fraction of sp³-hybridized carbons (Fsp3) is 0.231. The van der Waals surface area contributed by atoms with Crippen LogP contribution in [0, 0.1) is 0 Å². The molecule has 0 fully saturated rings. The number of fused-ring (bicyclic) bond motifs is 2. The quantitative estimate of drug-likeness (QED) is 0.142. The first-order valence-corrected chi connectivity index (χ1v) is 20.2. The molecule has 0 saturated carbocycles. The molecule has 2 aromatic carbocycles. The Kier molecular flexibility index (Phi) is 11.7. The first kappa shape index (κ1) is 38.3. The predicted octanol–water partition coefficient (Wildman–Crippen LogP) is 7.65. The van der Waals surface area contributed by atoms with E-state index in [-0.39, 0.29) is 10.5 Å². The van der Waals surface area contributed by atoms with Crippen LogP contribution < -0.4 is 16.4 Å². The lowest BCUT2D eigenvalue weighted by Crippen LogP contribution is -2.11. The van der Waals surface area contributed by atoms with Crippen LogP contribution in [0.15, 0.2) is 85.2 Å². The largest absolute Gasteiger partial charge is 0.465 e. The number of anilines is 2. The molecule has 55 heavy (non-hydrogen) atoms. The summed E-state index contributed by atoms with van der Waals surface area (Å²) >= 11 is 16.7. The van der Waals surface area contributed by atoms with E-state index in [1.165, 1.54) is 7.11 Å². The van der Waals surface area contributed by atoms with Crippen LogP contribution in [0.25, 0.3) is 22.8 Å². The zero-order valence-corrected chi connectivity index (χ0v) is 33.3. The van der Waals surface area contributed by atoms with Crippen molar-refractivity contribution in [1.29, 1.82) is 0 Å². The summed E-state index contributed by atoms with van der Waals surface area (Å²) in [6, 6.07) is 22.1. The minimum absolute atomic E-state index is 0.0323. The van der Waals surface area contributed by atoms with Crippen molar-refractivity contribution in [3.8, 4) is 22.8 Å². The minimum Gasteiger partial charge on any atom is -0.465 e. The molecule has 6 aromatic rings. The second-order valence-corrected chi connectivity index (χ2v) is 15.8. The number of esters is 1. The number of rotatable bonds is 6. The van der Waals surface area contributed by atoms with Gasteiger partial charge in [-0.15, -0.1) is 23.5 Å². The van der Waals surface area contributed by atoms with Crippen LogP contribution in [0.1, 0.15) is 53.5 Å². The van der Waals surface area contributed by atoms with Gasteiger partial charge in [0.25, 0.3) is 0 Å². The molecule has 16 heteroatoms. The maximum Gasteiger partial charge on any atom is 0.337 e. The number of hydrogen-bond donors (Lipinski definition) is 3. The third-order valence-corrected chi connectivity index (χ3v) is 12.3. The van der Waals surface area contributed by atoms with Gasteiger partial charge in [-0.25, -0.2) is 4.79 Å². The Morgan fingerprint density at radius 1 is 0.745 bits per heavy atom. The average Bonchev–Trinajstić information content (AvgIpc) is 3.47. The molecule has 4 N–H and O–H groups in total. The molecule has 0 aliphatic carbocycles. The Morgan fingerprint density at radius 3 is 1.64 bits per heavy atom. The van der Waals surface area contributed by atoms with E-state index in [1.54, 1.807) is 60.2 Å². The van der Waals surface area contributed by atoms with Crippen molar-refractivity contribution in [2.24, 2.45) is 19.8 Å². The van der Waals surface area contributed by atoms with E-state index in [0.717, 1.165) is 81.3 Å². The lowest BCUT2D eigenvalue weighted by Gasteiger charge is -2.18. The fourth-order valence-corrected chi connectivity index (χ4v) is 9.78. The predicted molar refractivity (Wildman–Crippen MR) is 221 cm³/mol. The number of nitrogens with two attached hydrogens (primary N) is 1. The van der Waals surface area contributed by atoms with Crippen molar-refractivity contribution < 1.29 is 14.3 Å². The van der Waals surface area contributed by atoms with E-state index in [2.05, 4.69) is 20.6 Å². The highest BCUT2D eigenvalue weighted by molar-refractivity contribution is 8.00. The number of ether oxygens (including phenoxy) is 1. The van der Waals surface area contributed by atoms with Gasteiger partial charge in [-0.2, -0.15) is 10.2 Å². The molecular formula is C39H37Cl2N9O3S2. The lowest BCUT2D eigenvalue weighted by atomic mass is 10.0. The van der Waals surface area contributed by atoms with Crippen molar-refractivity contribution in [2.75, 3.05) is 42.3 Å². The number of methoxy groups -OCH3 is 1. The molecule has 12 nitrogen and oxygen atoms in total. The molecule has 2 atom stereocenters. The number of pyridine rings is 2. The Labute approximate surface area is 336 Å². The van der Waals surface area contributed by atoms with Crippen LogP contribution in [-0.2, 0) is 18.8 Å². The van der Waals surface area contributed by atoms with Gasteiger partial charge in [0.1, 0.15) is 23.0 Å². The van der Waals surface area contributed by atoms with Gasteiger partial charge in [-0.1, -0.05) is 47.5 Å². The lowest BCUT2D eigenvalue weighted by molar-refractivity contribution is 0.0600. The van der Waals surface area contributed by atoms with E-state index in [4.69, 9.17) is 43.9 Å². The standard InChI is InChI=1S/C20H19ClN4O2S.C19H18ClN5OS/c1-25-19-16(17(24-25)15-5-3-4-8-22-15)18(28-10-9-23-19)13-7-6-12(11-14(13)21)20(26)27-2;1-25-19-15(16(24-25)14-4-2-3-7-22-14)17(27-9-8-23-19)12-6-5-11(18(21)26)10-13(12)20/h3-8,11,18,23H,9-10H2,1-2H3;2-7,10,17,23H,8-9H2,1H3,(H2,21,26). The first-order valence-electron chi connectivity index (χ1n) is 17.3. The molecule has 8 rings (SSSR count). The molecule has 2 aliphatic rings. The van der Waals surface area contributed by atoms with E-state index in [0.29, 0.717) is 21.2 Å². The van der Waals surface area contributed by atoms with Gasteiger partial charge < -0.3 is 21.1 Å². The van der Waals surface area contributed by atoms with Crippen molar-refractivity contribution in [3.05, 3.63) is 129 Å². The van der Waals surface area contributed by atoms with E-state index >= 15 is 0 Å². The van der Waals surface area contributed by atoms with Crippen LogP contribution in [0.4, 0.5) is 11.6 Å². The maximum absolute atomic E-state index is 11.8. The van der Waals surface area contributed by atoms with Crippen molar-refractivity contribution in [2.45, 2.75) is 10.5 Å². The summed E-state index contributed by atoms with van der Waals surface area (Å²) in [4.78, 5) is 32.3. The number of carbonyl (C=O) groups is 2. The number of halogens is 2. The zero-order valence-electron chi connectivity index (χ0n) is 30.1. The number of primary amides is 1. The van der Waals surface area contributed by atoms with Crippen LogP contribution in [-0.4, -0.2) is 73.1 Å². The summed E-state index contributed by atoms with van der Waals surface area (Å²) in [5.74, 6) is 2.85. The molecular weight excluding hydrogens is 778 g/mol. The Morgan fingerprint density at radius 2 is 1.22 bits per heavy atom. The SMILES string of the molecule is COC(=O)c1ccc(C2SCCNc3c2c(-c2ccccn2)nn3C)c(Cl)c1.Cn1nc(-c2ccccn2)c2c1NCCSC2c1ccc(C(N)=O)cc1Cl. The molecule has 0 bridgehead atoms. The second-order valence-electron chi connectivity index (χ2n) is 12.6. The number of hydrogen-bond acceptors (Lipinski definition) is 11. The second kappa shape index (κ2) is 16.8. The third-order valence-electron chi connectivity index (χ3n) is 9.14. The minimum atomic E-state index is -0.491. The van der Waals surface area contributed by atoms with Crippen molar-refractivity contribution in [3.63, 3.8) is 0 Å². The van der Waals surface area contributed by atoms with E-state index < -0.39 is 11.9 Å². The summed E-state index contributed by atoms with van der Waals surface area (Å²) in [7, 11) is 5.20. The number of aryl methyl sites for hydroxylation is 2. The maximum atomic E-state index is 11.8. The number of benzene rings is 2. The van der Waals surface area contributed by atoms with Gasteiger partial charge in [0.2, 0.25) is 5.91 Å². The van der Waals surface area contributed by atoms with Crippen LogP contribution >= 0.6 is 46.7 Å². The summed E-state index contributed by atoms with van der Waals surface area (Å²) in [6.07, 6.45) is 3.53. The molecule has 4 aromatic heterocycles. The number of nitrogens with one attached hydrogen (secondary N) is 2. The highest BCUT2D eigenvalue weighted by Gasteiger charge is 2.32. The van der Waals surface area contributed by atoms with Crippen molar-refractivity contribution >= 4 is 70.2 Å². The Balaban J connectivity index is 0.000000169. The number of thioether (sulfide) groups is 2. The van der Waals surface area contributed by atoms with Gasteiger partial charge in [-0.05, 0) is 59.7 Å². The van der Waals surface area contributed by atoms with Gasteiger partial charge >= 0.3 is 5.97 Å². The summed E-state index contributed by atoms with van der Waals surface area (Å²) < 4.78 is 8.51. The van der Waals surface area contributed by atoms with Gasteiger partial charge in [-0.3, -0.25) is 24.1 Å². The Hall–Kier alpha value is -5.02. The molecule has 0 spiro atoms. The normalized spacial score (nSPS) is 16.2. The average molecular weight is 815 g/mol. The first-order chi connectivity index (χ1) is 26.7. The van der Waals surface area contributed by atoms with Crippen LogP contribution in [0.3, 0.4) is 0 Å². The van der Waals surface area contributed by atoms with Gasteiger partial charge in [0.15, 0.2) is 0 Å². The highest BCUT2D eigenvalue weighted by Crippen LogP contribution is 2.48. The van der Waals surface area contributed by atoms with Crippen LogP contribution in [0.5, 0.6) is 0 Å². The summed E-state index contributed by atoms with van der Waals surface area (Å²) in [5, 5.41) is 17.4. The smallest absolute Gasteiger partial charge is 0.337 e. The molecule has 0 radical (unpaired) electrons. The van der Waals surface area contributed by atoms with Crippen LogP contribution in [0.2, 0.25) is 10.0 Å². The van der Waals surface area contributed by atoms with E-state index in [9.17, 15) is 9.59 Å². The molecule has 2 unspecified atom stereocenters. The summed E-state index contributed by atoms with van der Waals surface area (Å²) in [5.41, 5.74) is 13.5. The highest BCUT2D eigenvalue weighted by atomic mass is 35.5. The number of aromatic nitrogens is 6. The van der Waals surface area contributed by atoms with Crippen molar-refractivity contribution in [1.82, 2.24) is 29.5 Å². The molecule has 282 valence electrons. The number of carbonyl (C=O) groups excluding carboxylic acids is 2. The summed E-state index contributed by atoms with van der Waals surface area (Å²) in [6.45, 7) is 1.65. The Bertz CT molecular complexity index is 2360. The number of nitrogens with zero attached hydrogens (tertiary/aromatic N) is 6. The molecule has 0 saturated heterocycles. The zero-order chi connectivity index (χ0) is 38.6. The third kappa shape index (κ3) is 7.90. The van der Waals surface area contributed by atoms with E-state index in [1.807, 2.05) is 72.0 Å². The van der Waals surface area contributed by atoms with Gasteiger partial charge in [0.05, 0.1) is 34.6 Å². The molecule has 2 aliphatic heterocycles. The number of amides is 1. The fourth-order valence-electron chi connectivity index (χ4n) is 6.61. The molecule has 1 amide bonds. The van der Waals surface area contributed by atoms with Gasteiger partial charge in [0, 0.05) is 77.8 Å². The molecule has 6 heterocycles. The topological polar surface area (TPSA) is 155 Å². The monoisotopic (exact) mass is 813 g/mol.